The number of aliphatic hydroxyl groups excluding tert-OH is 2. The van der Waals surface area contributed by atoms with Crippen molar-refractivity contribution in [3.8, 4) is 0 Å². The van der Waals surface area contributed by atoms with E-state index in [2.05, 4.69) is 17.7 Å². The Kier molecular flexibility index (Phi) is 9.51. The lowest BCUT2D eigenvalue weighted by atomic mass is 9.89. The van der Waals surface area contributed by atoms with Crippen LogP contribution in [-0.2, 0) is 9.53 Å². The maximum absolute atomic E-state index is 11.2. The van der Waals surface area contributed by atoms with Gasteiger partial charge in [0.25, 0.3) is 0 Å². The molecule has 0 unspecified atom stereocenters. The lowest BCUT2D eigenvalue weighted by Gasteiger charge is -2.18. The van der Waals surface area contributed by atoms with Crippen LogP contribution < -0.4 is 0 Å². The summed E-state index contributed by atoms with van der Waals surface area (Å²) in [5.74, 6) is 0.597. The molecule has 0 aromatic carbocycles. The number of rotatable bonds is 11. The maximum atomic E-state index is 11.2. The van der Waals surface area contributed by atoms with Crippen molar-refractivity contribution in [3.63, 3.8) is 0 Å². The summed E-state index contributed by atoms with van der Waals surface area (Å²) in [6, 6.07) is 0. The second-order valence-electron chi connectivity index (χ2n) is 7.85. The molecule has 2 N–H and O–H groups in total. The highest BCUT2D eigenvalue weighted by Crippen LogP contribution is 2.52. The van der Waals surface area contributed by atoms with Crippen LogP contribution in [0.4, 0.5) is 0 Å². The molecular formula is C21H36O4S. The molecule has 0 bridgehead atoms. The minimum atomic E-state index is -0.379. The van der Waals surface area contributed by atoms with Crippen molar-refractivity contribution in [2.75, 3.05) is 7.11 Å². The van der Waals surface area contributed by atoms with E-state index in [1.165, 1.54) is 13.5 Å². The van der Waals surface area contributed by atoms with E-state index < -0.39 is 0 Å². The first-order valence-corrected chi connectivity index (χ1v) is 11.3. The van der Waals surface area contributed by atoms with Gasteiger partial charge in [0.05, 0.1) is 19.3 Å². The molecule has 5 heteroatoms. The van der Waals surface area contributed by atoms with E-state index in [1.807, 2.05) is 17.8 Å². The lowest BCUT2D eigenvalue weighted by Crippen LogP contribution is -2.19. The average molecular weight is 385 g/mol. The fourth-order valence-corrected chi connectivity index (χ4v) is 6.26. The molecule has 0 spiro atoms. The van der Waals surface area contributed by atoms with E-state index in [4.69, 9.17) is 0 Å². The van der Waals surface area contributed by atoms with Gasteiger partial charge in [-0.3, -0.25) is 4.79 Å². The molecule has 0 aromatic rings. The number of hydrogen-bond acceptors (Lipinski definition) is 5. The van der Waals surface area contributed by atoms with E-state index >= 15 is 0 Å². The fourth-order valence-electron chi connectivity index (χ4n) is 4.33. The van der Waals surface area contributed by atoms with Crippen molar-refractivity contribution in [2.45, 2.75) is 93.8 Å². The molecular weight excluding hydrogens is 348 g/mol. The summed E-state index contributed by atoms with van der Waals surface area (Å²) in [4.78, 5) is 11.2. The molecule has 0 radical (unpaired) electrons. The third kappa shape index (κ3) is 6.58. The molecule has 2 fully saturated rings. The number of aliphatic hydroxyl groups is 2. The Hall–Kier alpha value is -0.520. The summed E-state index contributed by atoms with van der Waals surface area (Å²) in [7, 11) is 1.44. The molecule has 0 amide bonds. The van der Waals surface area contributed by atoms with Gasteiger partial charge in [0.15, 0.2) is 0 Å². The van der Waals surface area contributed by atoms with E-state index in [9.17, 15) is 15.0 Å². The first-order chi connectivity index (χ1) is 12.5. The summed E-state index contributed by atoms with van der Waals surface area (Å²) < 4.78 is 4.69. The SMILES string of the molecule is CCCCC[C@H](O)C=C[C@@H]1[C@H]2C[C@@H](CCCCC(=O)OC)S[C@@H]2C[C@H]1O. The van der Waals surface area contributed by atoms with Crippen molar-refractivity contribution in [2.24, 2.45) is 11.8 Å². The Bertz CT molecular complexity index is 453. The van der Waals surface area contributed by atoms with Crippen LogP contribution in [0.2, 0.25) is 0 Å². The van der Waals surface area contributed by atoms with Gasteiger partial charge in [-0.25, -0.2) is 0 Å². The average Bonchev–Trinajstić information content (AvgIpc) is 3.13. The van der Waals surface area contributed by atoms with Crippen LogP contribution >= 0.6 is 11.8 Å². The summed E-state index contributed by atoms with van der Waals surface area (Å²) in [5.41, 5.74) is 0. The van der Waals surface area contributed by atoms with E-state index in [-0.39, 0.29) is 24.1 Å². The van der Waals surface area contributed by atoms with Crippen molar-refractivity contribution < 1.29 is 19.7 Å². The van der Waals surface area contributed by atoms with Gasteiger partial charge >= 0.3 is 5.97 Å². The van der Waals surface area contributed by atoms with Crippen LogP contribution in [-0.4, -0.2) is 46.0 Å². The van der Waals surface area contributed by atoms with Crippen LogP contribution in [0.5, 0.6) is 0 Å². The van der Waals surface area contributed by atoms with E-state index in [0.29, 0.717) is 22.8 Å². The number of methoxy groups -OCH3 is 1. The molecule has 1 saturated carbocycles. The number of carbonyl (C=O) groups excluding carboxylic acids is 1. The maximum Gasteiger partial charge on any atom is 0.305 e. The quantitative estimate of drug-likeness (QED) is 0.319. The van der Waals surface area contributed by atoms with Gasteiger partial charge in [0, 0.05) is 22.8 Å². The predicted octanol–water partition coefficient (Wildman–Crippen LogP) is 4.09. The number of ether oxygens (including phenoxy) is 1. The first-order valence-electron chi connectivity index (χ1n) is 10.3. The molecule has 0 aromatic heterocycles. The molecule has 26 heavy (non-hydrogen) atoms. The Balaban J connectivity index is 1.74. The number of thioether (sulfide) groups is 1. The van der Waals surface area contributed by atoms with Gasteiger partial charge in [0.1, 0.15) is 0 Å². The highest BCUT2D eigenvalue weighted by atomic mass is 32.2. The molecule has 2 rings (SSSR count). The Morgan fingerprint density at radius 2 is 2.08 bits per heavy atom. The number of hydrogen-bond donors (Lipinski definition) is 2. The second kappa shape index (κ2) is 11.4. The van der Waals surface area contributed by atoms with Gasteiger partial charge in [-0.05, 0) is 38.0 Å². The molecule has 1 heterocycles. The lowest BCUT2D eigenvalue weighted by molar-refractivity contribution is -0.140. The zero-order valence-electron chi connectivity index (χ0n) is 16.3. The molecule has 2 aliphatic rings. The number of esters is 1. The molecule has 1 aliphatic heterocycles. The van der Waals surface area contributed by atoms with Crippen LogP contribution in [0.15, 0.2) is 12.2 Å². The van der Waals surface area contributed by atoms with Gasteiger partial charge in [-0.15, -0.1) is 0 Å². The summed E-state index contributed by atoms with van der Waals surface area (Å²) in [6.45, 7) is 2.17. The van der Waals surface area contributed by atoms with Crippen LogP contribution in [0, 0.1) is 11.8 Å². The van der Waals surface area contributed by atoms with Gasteiger partial charge in [-0.1, -0.05) is 44.8 Å². The van der Waals surface area contributed by atoms with Gasteiger partial charge in [0.2, 0.25) is 0 Å². The standard InChI is InChI=1S/C21H36O4S/c1-3-4-5-8-15(22)11-12-17-18-13-16(26-20(18)14-19(17)23)9-6-7-10-21(24)25-2/h11-12,15-20,22-23H,3-10,13-14H2,1-2H3/t15-,16+,17+,18+,19+,20+/m0/s1. The number of carbonyl (C=O) groups is 1. The zero-order chi connectivity index (χ0) is 18.9. The van der Waals surface area contributed by atoms with Crippen molar-refractivity contribution in [1.29, 1.82) is 0 Å². The smallest absolute Gasteiger partial charge is 0.305 e. The van der Waals surface area contributed by atoms with Crippen LogP contribution in [0.25, 0.3) is 0 Å². The zero-order valence-corrected chi connectivity index (χ0v) is 17.1. The molecule has 6 atom stereocenters. The molecule has 1 aliphatic carbocycles. The first kappa shape index (κ1) is 21.8. The Morgan fingerprint density at radius 3 is 2.81 bits per heavy atom. The van der Waals surface area contributed by atoms with E-state index in [1.54, 1.807) is 0 Å². The number of unbranched alkanes of at least 4 members (excludes halogenated alkanes) is 3. The molecule has 150 valence electrons. The van der Waals surface area contributed by atoms with Crippen molar-refractivity contribution in [3.05, 3.63) is 12.2 Å². The summed E-state index contributed by atoms with van der Waals surface area (Å²) in [5, 5.41) is 21.7. The highest BCUT2D eigenvalue weighted by molar-refractivity contribution is 8.00. The molecule has 1 saturated heterocycles. The summed E-state index contributed by atoms with van der Waals surface area (Å²) in [6.07, 6.45) is 13.2. The van der Waals surface area contributed by atoms with Gasteiger partial charge < -0.3 is 14.9 Å². The Labute approximate surface area is 162 Å². The normalized spacial score (nSPS) is 32.1. The highest BCUT2D eigenvalue weighted by Gasteiger charge is 2.47. The Morgan fingerprint density at radius 1 is 1.27 bits per heavy atom. The monoisotopic (exact) mass is 384 g/mol. The van der Waals surface area contributed by atoms with Crippen molar-refractivity contribution >= 4 is 17.7 Å². The minimum absolute atomic E-state index is 0.119. The third-order valence-electron chi connectivity index (χ3n) is 5.84. The largest absolute Gasteiger partial charge is 0.469 e. The van der Waals surface area contributed by atoms with Crippen molar-refractivity contribution in [1.82, 2.24) is 0 Å². The van der Waals surface area contributed by atoms with Crippen LogP contribution in [0.3, 0.4) is 0 Å². The van der Waals surface area contributed by atoms with Gasteiger partial charge in [-0.2, -0.15) is 11.8 Å². The van der Waals surface area contributed by atoms with Crippen LogP contribution in [0.1, 0.15) is 71.1 Å². The topological polar surface area (TPSA) is 66.8 Å². The predicted molar refractivity (Wildman–Crippen MR) is 107 cm³/mol. The number of fused-ring (bicyclic) bond motifs is 1. The fraction of sp³-hybridized carbons (Fsp3) is 0.857. The minimum Gasteiger partial charge on any atom is -0.469 e. The van der Waals surface area contributed by atoms with E-state index in [0.717, 1.165) is 51.4 Å². The second-order valence-corrected chi connectivity index (χ2v) is 9.39. The third-order valence-corrected chi connectivity index (χ3v) is 7.54. The summed E-state index contributed by atoms with van der Waals surface area (Å²) >= 11 is 2.03. The molecule has 4 nitrogen and oxygen atoms in total.